The molecular formula is C24H23ClN4O2S. The van der Waals surface area contributed by atoms with Gasteiger partial charge < -0.3 is 10.6 Å². The van der Waals surface area contributed by atoms with Crippen molar-refractivity contribution < 1.29 is 9.59 Å². The monoisotopic (exact) mass is 466 g/mol. The molecule has 0 fully saturated rings. The van der Waals surface area contributed by atoms with Crippen LogP contribution >= 0.6 is 22.9 Å². The molecule has 0 radical (unpaired) electrons. The Hall–Kier alpha value is -3.16. The second-order valence-electron chi connectivity index (χ2n) is 7.43. The van der Waals surface area contributed by atoms with Crippen molar-refractivity contribution in [2.24, 2.45) is 0 Å². The minimum atomic E-state index is -0.270. The van der Waals surface area contributed by atoms with Crippen LogP contribution in [-0.4, -0.2) is 34.7 Å². The van der Waals surface area contributed by atoms with Crippen molar-refractivity contribution in [3.8, 4) is 0 Å². The normalized spacial score (nSPS) is 10.9. The Morgan fingerprint density at radius 1 is 1.06 bits per heavy atom. The maximum atomic E-state index is 12.6. The first-order chi connectivity index (χ1) is 15.5. The van der Waals surface area contributed by atoms with Crippen molar-refractivity contribution in [2.45, 2.75) is 19.9 Å². The van der Waals surface area contributed by atoms with E-state index in [9.17, 15) is 9.59 Å². The van der Waals surface area contributed by atoms with E-state index in [0.717, 1.165) is 33.5 Å². The molecule has 2 aromatic carbocycles. The Morgan fingerprint density at radius 2 is 1.81 bits per heavy atom. The van der Waals surface area contributed by atoms with E-state index in [1.165, 1.54) is 11.3 Å². The van der Waals surface area contributed by atoms with Gasteiger partial charge in [-0.15, -0.1) is 11.3 Å². The number of aromatic nitrogens is 2. The molecule has 0 saturated heterocycles. The fraction of sp³-hybridized carbons (Fsp3) is 0.208. The molecule has 4 rings (SSSR count). The van der Waals surface area contributed by atoms with Crippen LogP contribution in [0.25, 0.3) is 10.2 Å². The molecule has 2 heterocycles. The summed E-state index contributed by atoms with van der Waals surface area (Å²) in [4.78, 5) is 26.2. The summed E-state index contributed by atoms with van der Waals surface area (Å²) in [5.41, 5.74) is 2.97. The molecule has 0 aliphatic rings. The fourth-order valence-corrected chi connectivity index (χ4v) is 4.69. The quantitative estimate of drug-likeness (QED) is 0.408. The van der Waals surface area contributed by atoms with Gasteiger partial charge >= 0.3 is 0 Å². The number of benzene rings is 2. The lowest BCUT2D eigenvalue weighted by Gasteiger charge is -2.06. The summed E-state index contributed by atoms with van der Waals surface area (Å²) >= 11 is 7.65. The third kappa shape index (κ3) is 5.18. The SMILES string of the molecule is Cc1nn(Cc2ccccc2Cl)c2sc(C(=O)NCC(=O)NCCc3ccccc3)cc12. The minimum Gasteiger partial charge on any atom is -0.354 e. The number of halogens is 1. The number of hydrogen-bond donors (Lipinski definition) is 2. The van der Waals surface area contributed by atoms with E-state index < -0.39 is 0 Å². The predicted octanol–water partition coefficient (Wildman–Crippen LogP) is 4.20. The average molecular weight is 467 g/mol. The van der Waals surface area contributed by atoms with Crippen LogP contribution in [-0.2, 0) is 17.8 Å². The molecule has 2 aromatic heterocycles. The third-order valence-electron chi connectivity index (χ3n) is 5.10. The van der Waals surface area contributed by atoms with Crippen molar-refractivity contribution in [1.29, 1.82) is 0 Å². The van der Waals surface area contributed by atoms with E-state index in [1.807, 2.05) is 72.3 Å². The van der Waals surface area contributed by atoms with E-state index in [1.54, 1.807) is 0 Å². The summed E-state index contributed by atoms with van der Waals surface area (Å²) in [6.45, 7) is 2.90. The molecule has 6 nitrogen and oxygen atoms in total. The molecule has 2 N–H and O–H groups in total. The second-order valence-corrected chi connectivity index (χ2v) is 8.87. The van der Waals surface area contributed by atoms with Gasteiger partial charge in [0.05, 0.1) is 23.7 Å². The van der Waals surface area contributed by atoms with Crippen LogP contribution in [0.5, 0.6) is 0 Å². The maximum absolute atomic E-state index is 12.6. The number of aryl methyl sites for hydroxylation is 1. The first-order valence-corrected chi connectivity index (χ1v) is 11.5. The number of rotatable bonds is 8. The molecule has 0 aliphatic heterocycles. The third-order valence-corrected chi connectivity index (χ3v) is 6.61. The largest absolute Gasteiger partial charge is 0.354 e. The van der Waals surface area contributed by atoms with Crippen LogP contribution < -0.4 is 10.6 Å². The highest BCUT2D eigenvalue weighted by molar-refractivity contribution is 7.20. The molecule has 0 aliphatic carbocycles. The van der Waals surface area contributed by atoms with E-state index >= 15 is 0 Å². The second kappa shape index (κ2) is 9.97. The van der Waals surface area contributed by atoms with Crippen molar-refractivity contribution in [3.63, 3.8) is 0 Å². The molecular weight excluding hydrogens is 444 g/mol. The van der Waals surface area contributed by atoms with E-state index in [2.05, 4.69) is 15.7 Å². The molecule has 0 atom stereocenters. The van der Waals surface area contributed by atoms with Crippen LogP contribution in [0, 0.1) is 6.92 Å². The molecule has 32 heavy (non-hydrogen) atoms. The highest BCUT2D eigenvalue weighted by atomic mass is 35.5. The Kier molecular flexibility index (Phi) is 6.87. The number of fused-ring (bicyclic) bond motifs is 1. The van der Waals surface area contributed by atoms with Crippen LogP contribution in [0.15, 0.2) is 60.7 Å². The molecule has 164 valence electrons. The van der Waals surface area contributed by atoms with Gasteiger partial charge in [0.2, 0.25) is 5.91 Å². The molecule has 0 spiro atoms. The standard InChI is InChI=1S/C24H23ClN4O2S/c1-16-19-13-21(32-24(19)29(28-16)15-18-9-5-6-10-20(18)25)23(31)27-14-22(30)26-12-11-17-7-3-2-4-8-17/h2-10,13H,11-12,14-15H2,1H3,(H,26,30)(H,27,31). The number of amides is 2. The van der Waals surface area contributed by atoms with Crippen molar-refractivity contribution in [1.82, 2.24) is 20.4 Å². The van der Waals surface area contributed by atoms with E-state index in [4.69, 9.17) is 11.6 Å². The highest BCUT2D eigenvalue weighted by Gasteiger charge is 2.17. The zero-order valence-electron chi connectivity index (χ0n) is 17.6. The molecule has 0 unspecified atom stereocenters. The number of thiophene rings is 1. The van der Waals surface area contributed by atoms with Gasteiger partial charge in [-0.05, 0) is 36.6 Å². The maximum Gasteiger partial charge on any atom is 0.261 e. The fourth-order valence-electron chi connectivity index (χ4n) is 3.42. The Labute approximate surface area is 195 Å². The van der Waals surface area contributed by atoms with Gasteiger partial charge in [-0.1, -0.05) is 60.1 Å². The molecule has 0 bridgehead atoms. The smallest absolute Gasteiger partial charge is 0.261 e. The number of hydrogen-bond acceptors (Lipinski definition) is 4. The van der Waals surface area contributed by atoms with Gasteiger partial charge in [0.15, 0.2) is 0 Å². The topological polar surface area (TPSA) is 76.0 Å². The molecule has 0 saturated carbocycles. The van der Waals surface area contributed by atoms with Crippen LogP contribution in [0.4, 0.5) is 0 Å². The van der Waals surface area contributed by atoms with Crippen LogP contribution in [0.1, 0.15) is 26.5 Å². The number of carbonyl (C=O) groups is 2. The summed E-state index contributed by atoms with van der Waals surface area (Å²) in [6, 6.07) is 19.4. The van der Waals surface area contributed by atoms with Crippen LogP contribution in [0.2, 0.25) is 5.02 Å². The predicted molar refractivity (Wildman–Crippen MR) is 128 cm³/mol. The first kappa shape index (κ1) is 22.0. The Morgan fingerprint density at radius 3 is 2.59 bits per heavy atom. The van der Waals surface area contributed by atoms with Gasteiger partial charge in [0, 0.05) is 17.0 Å². The van der Waals surface area contributed by atoms with Crippen LogP contribution in [0.3, 0.4) is 0 Å². The van der Waals surface area contributed by atoms with Gasteiger partial charge in [-0.2, -0.15) is 5.10 Å². The number of nitrogens with zero attached hydrogens (tertiary/aromatic N) is 2. The summed E-state index contributed by atoms with van der Waals surface area (Å²) in [5.74, 6) is -0.482. The van der Waals surface area contributed by atoms with Gasteiger partial charge in [0.25, 0.3) is 5.91 Å². The van der Waals surface area contributed by atoms with Gasteiger partial charge in [-0.3, -0.25) is 14.3 Å². The van der Waals surface area contributed by atoms with E-state index in [0.29, 0.717) is 23.0 Å². The molecule has 8 heteroatoms. The zero-order chi connectivity index (χ0) is 22.5. The Balaban J connectivity index is 1.35. The van der Waals surface area contributed by atoms with E-state index in [-0.39, 0.29) is 18.4 Å². The van der Waals surface area contributed by atoms with Gasteiger partial charge in [-0.25, -0.2) is 0 Å². The zero-order valence-corrected chi connectivity index (χ0v) is 19.2. The lowest BCUT2D eigenvalue weighted by atomic mass is 10.1. The summed E-state index contributed by atoms with van der Waals surface area (Å²) in [6.07, 6.45) is 0.748. The summed E-state index contributed by atoms with van der Waals surface area (Å²) < 4.78 is 1.86. The lowest BCUT2D eigenvalue weighted by Crippen LogP contribution is -2.37. The summed E-state index contributed by atoms with van der Waals surface area (Å²) in [5, 5.41) is 11.7. The first-order valence-electron chi connectivity index (χ1n) is 10.3. The van der Waals surface area contributed by atoms with Gasteiger partial charge in [0.1, 0.15) is 4.83 Å². The molecule has 2 amide bonds. The van der Waals surface area contributed by atoms with Crippen molar-refractivity contribution in [3.05, 3.63) is 87.4 Å². The highest BCUT2D eigenvalue weighted by Crippen LogP contribution is 2.29. The van der Waals surface area contributed by atoms with Crippen molar-refractivity contribution in [2.75, 3.05) is 13.1 Å². The summed E-state index contributed by atoms with van der Waals surface area (Å²) in [7, 11) is 0. The number of nitrogens with one attached hydrogen (secondary N) is 2. The van der Waals surface area contributed by atoms with Crippen molar-refractivity contribution >= 4 is 45.0 Å². The molecule has 4 aromatic rings. The number of carbonyl (C=O) groups excluding carboxylic acids is 2. The average Bonchev–Trinajstić information content (AvgIpc) is 3.36. The minimum absolute atomic E-state index is 0.0629. The lowest BCUT2D eigenvalue weighted by molar-refractivity contribution is -0.120. The Bertz CT molecular complexity index is 1250.